The van der Waals surface area contributed by atoms with Gasteiger partial charge in [0.2, 0.25) is 5.91 Å². The number of likely N-dealkylation sites (tertiary alicyclic amines) is 1. The fraction of sp³-hybridized carbons (Fsp3) is 0.550. The molecule has 1 amide bonds. The summed E-state index contributed by atoms with van der Waals surface area (Å²) in [5.41, 5.74) is 1.86. The van der Waals surface area contributed by atoms with E-state index in [1.807, 2.05) is 4.90 Å². The summed E-state index contributed by atoms with van der Waals surface area (Å²) in [6.07, 6.45) is 7.91. The quantitative estimate of drug-likeness (QED) is 0.606. The number of fused-ring (bicyclic) bond motifs is 2. The molecule has 0 bridgehead atoms. The molecule has 4 heterocycles. The van der Waals surface area contributed by atoms with Crippen LogP contribution in [0.25, 0.3) is 0 Å². The Morgan fingerprint density at radius 1 is 1.27 bits per heavy atom. The second-order valence-electron chi connectivity index (χ2n) is 7.92. The summed E-state index contributed by atoms with van der Waals surface area (Å²) in [7, 11) is 0. The highest BCUT2D eigenvalue weighted by atomic mass is 79.9. The van der Waals surface area contributed by atoms with Crippen molar-refractivity contribution < 1.29 is 9.53 Å². The minimum Gasteiger partial charge on any atom is -0.458 e. The van der Waals surface area contributed by atoms with Crippen molar-refractivity contribution in [1.29, 1.82) is 0 Å². The maximum Gasteiger partial charge on any atom is 0.316 e. The molecular formula is C20H22BrN5O3S. The summed E-state index contributed by atoms with van der Waals surface area (Å²) in [4.78, 5) is 40.8. The highest BCUT2D eigenvalue weighted by molar-refractivity contribution is 9.10. The Morgan fingerprint density at radius 3 is 2.93 bits per heavy atom. The first-order valence-electron chi connectivity index (χ1n) is 10.3. The van der Waals surface area contributed by atoms with Gasteiger partial charge < -0.3 is 9.64 Å². The fourth-order valence-corrected chi connectivity index (χ4v) is 5.76. The highest BCUT2D eigenvalue weighted by Gasteiger charge is 2.33. The molecule has 158 valence electrons. The van der Waals surface area contributed by atoms with E-state index < -0.39 is 0 Å². The highest BCUT2D eigenvalue weighted by Crippen LogP contribution is 2.34. The van der Waals surface area contributed by atoms with E-state index in [9.17, 15) is 9.59 Å². The number of carbonyl (C=O) groups excluding carboxylic acids is 1. The molecule has 0 saturated carbocycles. The summed E-state index contributed by atoms with van der Waals surface area (Å²) in [5, 5.41) is 0.769. The molecule has 0 N–H and O–H groups in total. The number of thioether (sulfide) groups is 1. The molecule has 2 unspecified atom stereocenters. The molecule has 3 aliphatic rings. The van der Waals surface area contributed by atoms with Gasteiger partial charge in [-0.2, -0.15) is 0 Å². The molecule has 0 radical (unpaired) electrons. The first-order chi connectivity index (χ1) is 14.6. The first kappa shape index (κ1) is 20.0. The lowest BCUT2D eigenvalue weighted by Gasteiger charge is -2.33. The molecular weight excluding hydrogens is 470 g/mol. The molecule has 5 rings (SSSR count). The molecule has 1 saturated heterocycles. The number of amides is 1. The van der Waals surface area contributed by atoms with Gasteiger partial charge in [-0.3, -0.25) is 14.2 Å². The summed E-state index contributed by atoms with van der Waals surface area (Å²) in [5.74, 6) is 0.781. The number of carbonyl (C=O) groups is 1. The normalized spacial score (nSPS) is 22.6. The third-order valence-electron chi connectivity index (χ3n) is 5.88. The number of ether oxygens (including phenoxy) is 1. The number of aryl methyl sites for hydroxylation is 1. The predicted molar refractivity (Wildman–Crippen MR) is 115 cm³/mol. The standard InChI is InChI=1S/C20H22BrN5O3S/c21-12-8-22-19(23-9-12)29-14-3-2-6-25(10-14)17(27)7-13-11-30-20-24-16-5-1-4-15(16)18(28)26(13)20/h8-9,13-14H,1-7,10-11H2. The van der Waals surface area contributed by atoms with Crippen LogP contribution in [-0.2, 0) is 17.6 Å². The van der Waals surface area contributed by atoms with Crippen molar-refractivity contribution in [3.8, 4) is 6.01 Å². The first-order valence-corrected chi connectivity index (χ1v) is 12.1. The predicted octanol–water partition coefficient (Wildman–Crippen LogP) is 2.39. The minimum atomic E-state index is -0.125. The van der Waals surface area contributed by atoms with E-state index in [0.717, 1.165) is 58.7 Å². The van der Waals surface area contributed by atoms with Crippen molar-refractivity contribution in [2.75, 3.05) is 18.8 Å². The average Bonchev–Trinajstić information content (AvgIpc) is 3.38. The number of halogens is 1. The lowest BCUT2D eigenvalue weighted by molar-refractivity contribution is -0.134. The van der Waals surface area contributed by atoms with Crippen LogP contribution in [0.2, 0.25) is 0 Å². The van der Waals surface area contributed by atoms with Crippen molar-refractivity contribution in [2.45, 2.75) is 55.8 Å². The third kappa shape index (κ3) is 3.87. The van der Waals surface area contributed by atoms with E-state index in [4.69, 9.17) is 9.72 Å². The van der Waals surface area contributed by atoms with E-state index in [1.54, 1.807) is 28.7 Å². The molecule has 30 heavy (non-hydrogen) atoms. The van der Waals surface area contributed by atoms with Crippen LogP contribution in [0.4, 0.5) is 0 Å². The van der Waals surface area contributed by atoms with Gasteiger partial charge in [0.1, 0.15) is 6.10 Å². The molecule has 2 aliphatic heterocycles. The van der Waals surface area contributed by atoms with Gasteiger partial charge in [-0.15, -0.1) is 0 Å². The Morgan fingerprint density at radius 2 is 2.10 bits per heavy atom. The Kier molecular flexibility index (Phi) is 5.53. The van der Waals surface area contributed by atoms with Crippen LogP contribution in [0.1, 0.15) is 43.0 Å². The molecule has 10 heteroatoms. The van der Waals surface area contributed by atoms with Crippen LogP contribution in [-0.4, -0.2) is 55.3 Å². The minimum absolute atomic E-state index is 0.0579. The monoisotopic (exact) mass is 491 g/mol. The molecule has 1 aliphatic carbocycles. The van der Waals surface area contributed by atoms with Gasteiger partial charge in [0.25, 0.3) is 5.56 Å². The molecule has 1 fully saturated rings. The summed E-state index contributed by atoms with van der Waals surface area (Å²) >= 11 is 4.89. The van der Waals surface area contributed by atoms with Gasteiger partial charge in [-0.25, -0.2) is 15.0 Å². The number of piperidine rings is 1. The number of rotatable bonds is 4. The second kappa shape index (κ2) is 8.30. The van der Waals surface area contributed by atoms with Gasteiger partial charge >= 0.3 is 6.01 Å². The number of hydrogen-bond donors (Lipinski definition) is 0. The van der Waals surface area contributed by atoms with E-state index >= 15 is 0 Å². The van der Waals surface area contributed by atoms with Gasteiger partial charge in [0.05, 0.1) is 22.8 Å². The van der Waals surface area contributed by atoms with Crippen LogP contribution in [0.5, 0.6) is 6.01 Å². The smallest absolute Gasteiger partial charge is 0.316 e. The van der Waals surface area contributed by atoms with Crippen molar-refractivity contribution in [3.63, 3.8) is 0 Å². The van der Waals surface area contributed by atoms with Crippen molar-refractivity contribution >= 4 is 33.6 Å². The number of aromatic nitrogens is 4. The Hall–Kier alpha value is -1.94. The van der Waals surface area contributed by atoms with E-state index in [-0.39, 0.29) is 23.6 Å². The zero-order chi connectivity index (χ0) is 20.7. The average molecular weight is 492 g/mol. The zero-order valence-electron chi connectivity index (χ0n) is 16.4. The molecule has 0 spiro atoms. The van der Waals surface area contributed by atoms with Crippen LogP contribution in [0, 0.1) is 0 Å². The second-order valence-corrected chi connectivity index (χ2v) is 9.83. The molecule has 0 aromatic carbocycles. The summed E-state index contributed by atoms with van der Waals surface area (Å²) in [6, 6.07) is 0.199. The lowest BCUT2D eigenvalue weighted by atomic mass is 10.1. The topological polar surface area (TPSA) is 90.2 Å². The van der Waals surface area contributed by atoms with Crippen molar-refractivity contribution in [2.24, 2.45) is 0 Å². The van der Waals surface area contributed by atoms with E-state index in [0.29, 0.717) is 25.5 Å². The van der Waals surface area contributed by atoms with E-state index in [2.05, 4.69) is 25.9 Å². The Balaban J connectivity index is 1.25. The SMILES string of the molecule is O=C(CC1CSc2nc3c(c(=O)n21)CCC3)N1CCCC(Oc2ncc(Br)cn2)C1. The van der Waals surface area contributed by atoms with Crippen LogP contribution < -0.4 is 10.3 Å². The molecule has 2 atom stereocenters. The van der Waals surface area contributed by atoms with Crippen LogP contribution >= 0.6 is 27.7 Å². The Labute approximate surface area is 186 Å². The van der Waals surface area contributed by atoms with Crippen LogP contribution in [0.15, 0.2) is 26.8 Å². The fourth-order valence-electron chi connectivity index (χ4n) is 4.40. The van der Waals surface area contributed by atoms with Gasteiger partial charge in [-0.1, -0.05) is 11.8 Å². The van der Waals surface area contributed by atoms with Crippen molar-refractivity contribution in [3.05, 3.63) is 38.5 Å². The van der Waals surface area contributed by atoms with E-state index in [1.165, 1.54) is 0 Å². The maximum atomic E-state index is 13.0. The molecule has 8 nitrogen and oxygen atoms in total. The lowest BCUT2D eigenvalue weighted by Crippen LogP contribution is -2.45. The third-order valence-corrected chi connectivity index (χ3v) is 7.39. The van der Waals surface area contributed by atoms with Gasteiger partial charge in [0.15, 0.2) is 5.16 Å². The Bertz CT molecular complexity index is 1030. The van der Waals surface area contributed by atoms with Crippen molar-refractivity contribution in [1.82, 2.24) is 24.4 Å². The van der Waals surface area contributed by atoms with Crippen LogP contribution in [0.3, 0.4) is 0 Å². The van der Waals surface area contributed by atoms with Gasteiger partial charge in [-0.05, 0) is 48.0 Å². The maximum absolute atomic E-state index is 13.0. The largest absolute Gasteiger partial charge is 0.458 e. The molecule has 2 aromatic heterocycles. The molecule has 2 aromatic rings. The van der Waals surface area contributed by atoms with Gasteiger partial charge in [0, 0.05) is 36.7 Å². The number of nitrogens with zero attached hydrogens (tertiary/aromatic N) is 5. The number of hydrogen-bond acceptors (Lipinski definition) is 7. The summed E-state index contributed by atoms with van der Waals surface area (Å²) < 4.78 is 8.44. The zero-order valence-corrected chi connectivity index (χ0v) is 18.8. The summed E-state index contributed by atoms with van der Waals surface area (Å²) in [6.45, 7) is 1.23.